The van der Waals surface area contributed by atoms with Crippen molar-refractivity contribution in [1.29, 1.82) is 0 Å². The number of piperidine rings is 1. The molecule has 0 spiro atoms. The van der Waals surface area contributed by atoms with Crippen molar-refractivity contribution in [3.8, 4) is 5.75 Å². The third-order valence-electron chi connectivity index (χ3n) is 6.59. The van der Waals surface area contributed by atoms with Gasteiger partial charge in [-0.2, -0.15) is 4.31 Å². The van der Waals surface area contributed by atoms with Gasteiger partial charge < -0.3 is 9.64 Å². The van der Waals surface area contributed by atoms with Crippen LogP contribution in [0.4, 0.5) is 5.69 Å². The smallest absolute Gasteiger partial charge is 0.265 e. The van der Waals surface area contributed by atoms with Gasteiger partial charge >= 0.3 is 0 Å². The van der Waals surface area contributed by atoms with E-state index in [2.05, 4.69) is 13.8 Å². The first-order valence-corrected chi connectivity index (χ1v) is 13.0. The normalized spacial score (nSPS) is 25.1. The summed E-state index contributed by atoms with van der Waals surface area (Å²) in [5.74, 6) is 0.799. The summed E-state index contributed by atoms with van der Waals surface area (Å²) in [6, 6.07) is 4.61. The summed E-state index contributed by atoms with van der Waals surface area (Å²) >= 11 is 0. The van der Waals surface area contributed by atoms with E-state index in [0.717, 1.165) is 32.1 Å². The summed E-state index contributed by atoms with van der Waals surface area (Å²) in [7, 11) is -3.68. The Morgan fingerprint density at radius 2 is 1.72 bits per heavy atom. The van der Waals surface area contributed by atoms with Gasteiger partial charge in [-0.1, -0.05) is 26.7 Å². The molecule has 0 N–H and O–H groups in total. The zero-order chi connectivity index (χ0) is 22.9. The number of hydrogen-bond donors (Lipinski definition) is 0. The standard InChI is InChI=1S/C23H33N3O5S/c1-17-11-18(2)14-24(13-17)22(27)15-26-20-12-19(7-8-21(20)31-16-23(26)28)32(29,30)25-9-5-3-4-6-10-25/h7-8,12,17-18H,3-6,9-11,13-16H2,1-2H3/t17-,18+. The molecular formula is C23H33N3O5S. The zero-order valence-electron chi connectivity index (χ0n) is 19.0. The van der Waals surface area contributed by atoms with E-state index in [9.17, 15) is 18.0 Å². The van der Waals surface area contributed by atoms with E-state index in [1.54, 1.807) is 6.07 Å². The molecule has 0 bridgehead atoms. The number of likely N-dealkylation sites (tertiary alicyclic amines) is 1. The summed E-state index contributed by atoms with van der Waals surface area (Å²) in [6.07, 6.45) is 4.84. The molecular weight excluding hydrogens is 430 g/mol. The van der Waals surface area contributed by atoms with E-state index < -0.39 is 10.0 Å². The van der Waals surface area contributed by atoms with Crippen molar-refractivity contribution < 1.29 is 22.7 Å². The second-order valence-electron chi connectivity index (χ2n) is 9.46. The minimum atomic E-state index is -3.68. The average molecular weight is 464 g/mol. The van der Waals surface area contributed by atoms with E-state index >= 15 is 0 Å². The zero-order valence-corrected chi connectivity index (χ0v) is 19.8. The monoisotopic (exact) mass is 463 g/mol. The predicted molar refractivity (Wildman–Crippen MR) is 121 cm³/mol. The average Bonchev–Trinajstić information content (AvgIpc) is 3.05. The number of carbonyl (C=O) groups excluding carboxylic acids is 2. The van der Waals surface area contributed by atoms with Crippen molar-refractivity contribution in [2.45, 2.75) is 50.8 Å². The van der Waals surface area contributed by atoms with Gasteiger partial charge in [-0.3, -0.25) is 14.5 Å². The molecule has 2 saturated heterocycles. The number of benzene rings is 1. The number of rotatable bonds is 4. The number of amides is 2. The van der Waals surface area contributed by atoms with Gasteiger partial charge in [0.25, 0.3) is 5.91 Å². The lowest BCUT2D eigenvalue weighted by Gasteiger charge is -2.37. The second kappa shape index (κ2) is 9.39. The lowest BCUT2D eigenvalue weighted by atomic mass is 9.92. The molecule has 2 amide bonds. The topological polar surface area (TPSA) is 87.2 Å². The van der Waals surface area contributed by atoms with Crippen LogP contribution in [0, 0.1) is 11.8 Å². The van der Waals surface area contributed by atoms with E-state index in [1.807, 2.05) is 4.90 Å². The molecule has 0 unspecified atom stereocenters. The van der Waals surface area contributed by atoms with Crippen LogP contribution in [0.25, 0.3) is 0 Å². The van der Waals surface area contributed by atoms with Gasteiger partial charge in [0.1, 0.15) is 12.3 Å². The van der Waals surface area contributed by atoms with Crippen LogP contribution in [0.1, 0.15) is 46.0 Å². The Morgan fingerprint density at radius 1 is 1.06 bits per heavy atom. The first-order valence-electron chi connectivity index (χ1n) is 11.6. The highest BCUT2D eigenvalue weighted by Crippen LogP contribution is 2.35. The number of nitrogens with zero attached hydrogens (tertiary/aromatic N) is 3. The number of carbonyl (C=O) groups is 2. The molecule has 0 radical (unpaired) electrons. The maximum absolute atomic E-state index is 13.3. The van der Waals surface area contributed by atoms with Gasteiger partial charge in [0.05, 0.1) is 10.6 Å². The molecule has 4 rings (SSSR count). The van der Waals surface area contributed by atoms with Gasteiger partial charge in [0.2, 0.25) is 15.9 Å². The third-order valence-corrected chi connectivity index (χ3v) is 8.49. The molecule has 1 aromatic rings. The van der Waals surface area contributed by atoms with Crippen molar-refractivity contribution in [3.63, 3.8) is 0 Å². The quantitative estimate of drug-likeness (QED) is 0.685. The highest BCUT2D eigenvalue weighted by molar-refractivity contribution is 7.89. The highest BCUT2D eigenvalue weighted by atomic mass is 32.2. The van der Waals surface area contributed by atoms with E-state index in [0.29, 0.717) is 49.5 Å². The summed E-state index contributed by atoms with van der Waals surface area (Å²) in [5, 5.41) is 0. The molecule has 0 aliphatic carbocycles. The summed E-state index contributed by atoms with van der Waals surface area (Å²) < 4.78 is 33.6. The van der Waals surface area contributed by atoms with Crippen molar-refractivity contribution in [1.82, 2.24) is 9.21 Å². The van der Waals surface area contributed by atoms with Crippen LogP contribution in [0.15, 0.2) is 23.1 Å². The van der Waals surface area contributed by atoms with Crippen LogP contribution in [-0.4, -0.2) is 68.8 Å². The molecule has 3 heterocycles. The van der Waals surface area contributed by atoms with E-state index in [4.69, 9.17) is 4.74 Å². The number of ether oxygens (including phenoxy) is 1. The first-order chi connectivity index (χ1) is 15.3. The highest BCUT2D eigenvalue weighted by Gasteiger charge is 2.33. The van der Waals surface area contributed by atoms with Crippen LogP contribution in [-0.2, 0) is 19.6 Å². The fourth-order valence-corrected chi connectivity index (χ4v) is 6.59. The van der Waals surface area contributed by atoms with Crippen molar-refractivity contribution in [3.05, 3.63) is 18.2 Å². The largest absolute Gasteiger partial charge is 0.482 e. The molecule has 8 nitrogen and oxygen atoms in total. The summed E-state index contributed by atoms with van der Waals surface area (Å²) in [4.78, 5) is 29.1. The van der Waals surface area contributed by atoms with Gasteiger partial charge in [0.15, 0.2) is 6.61 Å². The Morgan fingerprint density at radius 3 is 2.38 bits per heavy atom. The van der Waals surface area contributed by atoms with Crippen molar-refractivity contribution in [2.24, 2.45) is 11.8 Å². The van der Waals surface area contributed by atoms with E-state index in [1.165, 1.54) is 21.3 Å². The maximum atomic E-state index is 13.3. The van der Waals surface area contributed by atoms with Crippen LogP contribution < -0.4 is 9.64 Å². The predicted octanol–water partition coefficient (Wildman–Crippen LogP) is 2.48. The second-order valence-corrected chi connectivity index (χ2v) is 11.4. The molecule has 0 aromatic heterocycles. The SMILES string of the molecule is C[C@@H]1C[C@H](C)CN(C(=O)CN2C(=O)COc3ccc(S(=O)(=O)N4CCCCCC4)cc32)C1. The van der Waals surface area contributed by atoms with Crippen LogP contribution in [0.5, 0.6) is 5.75 Å². The molecule has 1 aromatic carbocycles. The van der Waals surface area contributed by atoms with Crippen LogP contribution in [0.3, 0.4) is 0 Å². The van der Waals surface area contributed by atoms with Gasteiger partial charge in [-0.15, -0.1) is 0 Å². The number of fused-ring (bicyclic) bond motifs is 1. The van der Waals surface area contributed by atoms with E-state index in [-0.39, 0.29) is 29.9 Å². The van der Waals surface area contributed by atoms with Crippen molar-refractivity contribution >= 4 is 27.5 Å². The molecule has 9 heteroatoms. The summed E-state index contributed by atoms with van der Waals surface area (Å²) in [5.41, 5.74) is 0.351. The molecule has 3 aliphatic heterocycles. The Labute approximate surface area is 190 Å². The number of anilines is 1. The Hall–Kier alpha value is -2.13. The van der Waals surface area contributed by atoms with Crippen molar-refractivity contribution in [2.75, 3.05) is 44.2 Å². The lowest BCUT2D eigenvalue weighted by Crippen LogP contribution is -2.50. The summed E-state index contributed by atoms with van der Waals surface area (Å²) in [6.45, 7) is 6.35. The molecule has 32 heavy (non-hydrogen) atoms. The minimum Gasteiger partial charge on any atom is -0.482 e. The van der Waals surface area contributed by atoms with Crippen LogP contribution >= 0.6 is 0 Å². The van der Waals surface area contributed by atoms with Crippen LogP contribution in [0.2, 0.25) is 0 Å². The number of hydrogen-bond acceptors (Lipinski definition) is 5. The third kappa shape index (κ3) is 4.78. The molecule has 2 fully saturated rings. The molecule has 3 aliphatic rings. The molecule has 2 atom stereocenters. The number of sulfonamides is 1. The van der Waals surface area contributed by atoms with Gasteiger partial charge in [-0.05, 0) is 49.3 Å². The first kappa shape index (κ1) is 23.0. The fourth-order valence-electron chi connectivity index (χ4n) is 5.05. The fraction of sp³-hybridized carbons (Fsp3) is 0.652. The Bertz CT molecular complexity index is 962. The Balaban J connectivity index is 1.59. The molecule has 176 valence electrons. The van der Waals surface area contributed by atoms with Gasteiger partial charge in [0, 0.05) is 26.2 Å². The minimum absolute atomic E-state index is 0.109. The Kier molecular flexibility index (Phi) is 6.76. The lowest BCUT2D eigenvalue weighted by molar-refractivity contribution is -0.134. The van der Waals surface area contributed by atoms with Gasteiger partial charge in [-0.25, -0.2) is 8.42 Å². The molecule has 0 saturated carbocycles. The maximum Gasteiger partial charge on any atom is 0.265 e.